The molecule has 0 fully saturated rings. The number of thiazole rings is 1. The molecule has 1 amide bonds. The highest BCUT2D eigenvalue weighted by atomic mass is 35.5. The first-order valence-electron chi connectivity index (χ1n) is 12.2. The molecule has 3 aromatic carbocycles. The van der Waals surface area contributed by atoms with Crippen molar-refractivity contribution in [1.29, 1.82) is 0 Å². The van der Waals surface area contributed by atoms with Gasteiger partial charge in [0.05, 0.1) is 35.9 Å². The van der Waals surface area contributed by atoms with Crippen molar-refractivity contribution < 1.29 is 24.2 Å². The van der Waals surface area contributed by atoms with Crippen molar-refractivity contribution in [3.8, 4) is 22.1 Å². The highest BCUT2D eigenvalue weighted by Gasteiger charge is 2.45. The average Bonchev–Trinajstić information content (AvgIpc) is 3.46. The highest BCUT2D eigenvalue weighted by molar-refractivity contribution is 7.17. The Bertz CT molecular complexity index is 1600. The van der Waals surface area contributed by atoms with Gasteiger partial charge in [-0.1, -0.05) is 54.1 Å². The minimum atomic E-state index is -0.949. The number of aliphatic hydroxyl groups is 1. The number of methoxy groups -OCH3 is 1. The molecule has 0 bridgehead atoms. The predicted octanol–water partition coefficient (Wildman–Crippen LogP) is 6.96. The SMILES string of the molecule is CCOc1cc(C2C(C(=O)c3sc(-c4ccccc4)nc3C)=C(O)C(=O)N2c2cccc(Cl)c2)ccc1OC. The number of aromatic nitrogens is 1. The van der Waals surface area contributed by atoms with Crippen LogP contribution in [-0.2, 0) is 4.79 Å². The maximum absolute atomic E-state index is 14.1. The van der Waals surface area contributed by atoms with Crippen LogP contribution >= 0.6 is 22.9 Å². The monoisotopic (exact) mass is 560 g/mol. The van der Waals surface area contributed by atoms with Crippen LogP contribution in [0.5, 0.6) is 11.5 Å². The van der Waals surface area contributed by atoms with Gasteiger partial charge in [-0.15, -0.1) is 11.3 Å². The maximum Gasteiger partial charge on any atom is 0.294 e. The number of nitrogens with zero attached hydrogens (tertiary/aromatic N) is 2. The Kier molecular flexibility index (Phi) is 7.41. The topological polar surface area (TPSA) is 89.0 Å². The minimum absolute atomic E-state index is 0.0426. The summed E-state index contributed by atoms with van der Waals surface area (Å²) in [4.78, 5) is 34.0. The van der Waals surface area contributed by atoms with Crippen LogP contribution in [0.2, 0.25) is 5.02 Å². The van der Waals surface area contributed by atoms with Gasteiger partial charge in [0.15, 0.2) is 17.3 Å². The second-order valence-corrected chi connectivity index (χ2v) is 10.2. The van der Waals surface area contributed by atoms with Crippen LogP contribution in [0, 0.1) is 6.92 Å². The van der Waals surface area contributed by atoms with E-state index in [1.165, 1.54) is 23.3 Å². The lowest BCUT2D eigenvalue weighted by atomic mass is 9.94. The number of halogens is 1. The van der Waals surface area contributed by atoms with Crippen LogP contribution in [0.25, 0.3) is 10.6 Å². The summed E-state index contributed by atoms with van der Waals surface area (Å²) in [5.41, 5.74) is 2.34. The van der Waals surface area contributed by atoms with E-state index in [1.807, 2.05) is 37.3 Å². The third-order valence-corrected chi connectivity index (χ3v) is 7.81. The molecule has 0 spiro atoms. The number of ketones is 1. The normalized spacial score (nSPS) is 15.1. The van der Waals surface area contributed by atoms with Gasteiger partial charge in [-0.2, -0.15) is 0 Å². The molecule has 1 unspecified atom stereocenters. The third kappa shape index (κ3) is 4.89. The fourth-order valence-electron chi connectivity index (χ4n) is 4.61. The number of amides is 1. The zero-order chi connectivity index (χ0) is 27.7. The van der Waals surface area contributed by atoms with Gasteiger partial charge in [0.1, 0.15) is 5.01 Å². The fraction of sp³-hybridized carbons (Fsp3) is 0.167. The van der Waals surface area contributed by atoms with Crippen molar-refractivity contribution in [2.45, 2.75) is 19.9 Å². The molecule has 1 atom stereocenters. The van der Waals surface area contributed by atoms with Crippen LogP contribution < -0.4 is 14.4 Å². The number of anilines is 1. The van der Waals surface area contributed by atoms with Crippen LogP contribution in [0.4, 0.5) is 5.69 Å². The van der Waals surface area contributed by atoms with Gasteiger partial charge in [0.25, 0.3) is 5.91 Å². The molecule has 2 heterocycles. The molecule has 1 aliphatic rings. The van der Waals surface area contributed by atoms with Gasteiger partial charge < -0.3 is 14.6 Å². The lowest BCUT2D eigenvalue weighted by Gasteiger charge is -2.27. The molecular weight excluding hydrogens is 536 g/mol. The van der Waals surface area contributed by atoms with E-state index in [9.17, 15) is 14.7 Å². The van der Waals surface area contributed by atoms with Crippen molar-refractivity contribution in [1.82, 2.24) is 4.98 Å². The molecule has 9 heteroatoms. The van der Waals surface area contributed by atoms with Gasteiger partial charge in [0, 0.05) is 16.3 Å². The van der Waals surface area contributed by atoms with Crippen LogP contribution in [0.15, 0.2) is 84.1 Å². The van der Waals surface area contributed by atoms with Crippen LogP contribution in [0.1, 0.15) is 33.9 Å². The van der Waals surface area contributed by atoms with E-state index in [4.69, 9.17) is 21.1 Å². The van der Waals surface area contributed by atoms with Crippen molar-refractivity contribution in [3.05, 3.63) is 105 Å². The molecule has 4 aromatic rings. The molecule has 5 rings (SSSR count). The zero-order valence-corrected chi connectivity index (χ0v) is 23.0. The van der Waals surface area contributed by atoms with Gasteiger partial charge in [-0.3, -0.25) is 14.5 Å². The van der Waals surface area contributed by atoms with Crippen LogP contribution in [-0.4, -0.2) is 35.5 Å². The lowest BCUT2D eigenvalue weighted by Crippen LogP contribution is -2.31. The molecule has 1 aliphatic heterocycles. The Morgan fingerprint density at radius 2 is 1.85 bits per heavy atom. The molecule has 0 radical (unpaired) electrons. The van der Waals surface area contributed by atoms with E-state index in [-0.39, 0.29) is 5.57 Å². The van der Waals surface area contributed by atoms with E-state index in [2.05, 4.69) is 4.98 Å². The average molecular weight is 561 g/mol. The first-order valence-corrected chi connectivity index (χ1v) is 13.4. The second-order valence-electron chi connectivity index (χ2n) is 8.79. The van der Waals surface area contributed by atoms with Crippen molar-refractivity contribution >= 4 is 40.3 Å². The van der Waals surface area contributed by atoms with Crippen molar-refractivity contribution in [3.63, 3.8) is 0 Å². The zero-order valence-electron chi connectivity index (χ0n) is 21.5. The first-order chi connectivity index (χ1) is 18.8. The van der Waals surface area contributed by atoms with Gasteiger partial charge in [-0.05, 0) is 49.7 Å². The largest absolute Gasteiger partial charge is 0.503 e. The summed E-state index contributed by atoms with van der Waals surface area (Å²) in [6.07, 6.45) is 0. The molecule has 7 nitrogen and oxygen atoms in total. The smallest absolute Gasteiger partial charge is 0.294 e. The number of Topliss-reactive ketones (excluding diaryl/α,β-unsaturated/α-hetero) is 1. The maximum atomic E-state index is 14.1. The van der Waals surface area contributed by atoms with Gasteiger partial charge in [0.2, 0.25) is 5.78 Å². The Hall–Kier alpha value is -4.14. The predicted molar refractivity (Wildman–Crippen MR) is 152 cm³/mol. The summed E-state index contributed by atoms with van der Waals surface area (Å²) < 4.78 is 11.2. The molecule has 198 valence electrons. The number of aliphatic hydroxyl groups excluding tert-OH is 1. The molecule has 0 aliphatic carbocycles. The number of rotatable bonds is 8. The van der Waals surface area contributed by atoms with E-state index in [0.29, 0.717) is 50.0 Å². The second kappa shape index (κ2) is 10.9. The number of hydrogen-bond acceptors (Lipinski definition) is 7. The summed E-state index contributed by atoms with van der Waals surface area (Å²) in [6, 6.07) is 20.5. The van der Waals surface area contributed by atoms with E-state index < -0.39 is 23.5 Å². The third-order valence-electron chi connectivity index (χ3n) is 6.37. The molecule has 0 saturated carbocycles. The lowest BCUT2D eigenvalue weighted by molar-refractivity contribution is -0.117. The van der Waals surface area contributed by atoms with E-state index in [1.54, 1.807) is 49.4 Å². The fourth-order valence-corrected chi connectivity index (χ4v) is 5.82. The first kappa shape index (κ1) is 26.5. The summed E-state index contributed by atoms with van der Waals surface area (Å²) in [7, 11) is 1.53. The summed E-state index contributed by atoms with van der Waals surface area (Å²) >= 11 is 7.48. The highest BCUT2D eigenvalue weighted by Crippen LogP contribution is 2.45. The van der Waals surface area contributed by atoms with Gasteiger partial charge >= 0.3 is 0 Å². The number of carbonyl (C=O) groups is 2. The summed E-state index contributed by atoms with van der Waals surface area (Å²) in [6.45, 7) is 3.98. The Labute approximate surface area is 234 Å². The Morgan fingerprint density at radius 3 is 2.54 bits per heavy atom. The molecule has 0 saturated heterocycles. The molecule has 1 N–H and O–H groups in total. The van der Waals surface area contributed by atoms with E-state index >= 15 is 0 Å². The minimum Gasteiger partial charge on any atom is -0.503 e. The van der Waals surface area contributed by atoms with Gasteiger partial charge in [-0.25, -0.2) is 4.98 Å². The molecule has 1 aromatic heterocycles. The summed E-state index contributed by atoms with van der Waals surface area (Å²) in [5.74, 6) is -0.834. The number of benzene rings is 3. The number of aryl methyl sites for hydroxylation is 1. The van der Waals surface area contributed by atoms with Crippen molar-refractivity contribution in [2.24, 2.45) is 0 Å². The van der Waals surface area contributed by atoms with Crippen molar-refractivity contribution in [2.75, 3.05) is 18.6 Å². The van der Waals surface area contributed by atoms with Crippen LogP contribution in [0.3, 0.4) is 0 Å². The standard InChI is InChI=1S/C30H25ClN2O5S/c1-4-38-23-15-19(13-14-22(23)37-3)25-24(27(35)30(36)33(25)21-12-8-11-20(31)16-21)26(34)28-17(2)32-29(39-28)18-9-6-5-7-10-18/h5-16,25,35H,4H2,1-3H3. The molecule has 39 heavy (non-hydrogen) atoms. The Balaban J connectivity index is 1.66. The number of carbonyl (C=O) groups excluding carboxylic acids is 2. The van der Waals surface area contributed by atoms with E-state index in [0.717, 1.165) is 5.56 Å². The number of hydrogen-bond donors (Lipinski definition) is 1. The Morgan fingerprint density at radius 1 is 1.08 bits per heavy atom. The quantitative estimate of drug-likeness (QED) is 0.234. The number of ether oxygens (including phenoxy) is 2. The summed E-state index contributed by atoms with van der Waals surface area (Å²) in [5, 5.41) is 12.3. The molecular formula is C30H25ClN2O5S.